The van der Waals surface area contributed by atoms with E-state index in [1.165, 1.54) is 5.56 Å². The normalized spacial score (nSPS) is 16.3. The van der Waals surface area contributed by atoms with E-state index in [1.807, 2.05) is 18.2 Å². The standard InChI is InChI=1S/C22H27NO/c1-17(2)19-12-10-18(11-13-19)16-23-21(24)22(14-6-7-15-22)20-8-4-3-5-9-20/h3-5,8-13,17H,6-7,14-16H2,1-2H3,(H,23,24). The van der Waals surface area contributed by atoms with Crippen LogP contribution in [0.3, 0.4) is 0 Å². The van der Waals surface area contributed by atoms with Crippen LogP contribution in [0, 0.1) is 0 Å². The number of carbonyl (C=O) groups excluding carboxylic acids is 1. The number of carbonyl (C=O) groups is 1. The predicted molar refractivity (Wildman–Crippen MR) is 99.0 cm³/mol. The van der Waals surface area contributed by atoms with Crippen molar-refractivity contribution in [3.8, 4) is 0 Å². The number of hydrogen-bond donors (Lipinski definition) is 1. The van der Waals surface area contributed by atoms with E-state index in [0.717, 1.165) is 36.8 Å². The zero-order chi connectivity index (χ0) is 17.0. The van der Waals surface area contributed by atoms with Gasteiger partial charge in [0.2, 0.25) is 5.91 Å². The molecule has 1 aliphatic rings. The summed E-state index contributed by atoms with van der Waals surface area (Å²) in [5.74, 6) is 0.715. The van der Waals surface area contributed by atoms with E-state index in [-0.39, 0.29) is 11.3 Å². The lowest BCUT2D eigenvalue weighted by molar-refractivity contribution is -0.126. The first-order chi connectivity index (χ1) is 11.6. The molecule has 2 nitrogen and oxygen atoms in total. The SMILES string of the molecule is CC(C)c1ccc(CNC(=O)C2(c3ccccc3)CCCC2)cc1. The minimum Gasteiger partial charge on any atom is -0.351 e. The van der Waals surface area contributed by atoms with Crippen molar-refractivity contribution in [3.05, 3.63) is 71.3 Å². The highest BCUT2D eigenvalue weighted by molar-refractivity contribution is 5.88. The molecule has 0 unspecified atom stereocenters. The first-order valence-electron chi connectivity index (χ1n) is 9.04. The molecule has 2 heteroatoms. The summed E-state index contributed by atoms with van der Waals surface area (Å²) in [6, 6.07) is 18.9. The summed E-state index contributed by atoms with van der Waals surface area (Å²) >= 11 is 0. The molecule has 1 aliphatic carbocycles. The first kappa shape index (κ1) is 16.8. The summed E-state index contributed by atoms with van der Waals surface area (Å²) in [6.07, 6.45) is 4.17. The lowest BCUT2D eigenvalue weighted by Crippen LogP contribution is -2.42. The monoisotopic (exact) mass is 321 g/mol. The molecule has 0 aliphatic heterocycles. The molecule has 0 atom stereocenters. The lowest BCUT2D eigenvalue weighted by Gasteiger charge is -2.28. The van der Waals surface area contributed by atoms with Crippen LogP contribution in [0.4, 0.5) is 0 Å². The maximum Gasteiger partial charge on any atom is 0.230 e. The van der Waals surface area contributed by atoms with Gasteiger partial charge in [0.1, 0.15) is 0 Å². The van der Waals surface area contributed by atoms with E-state index in [0.29, 0.717) is 12.5 Å². The Hall–Kier alpha value is -2.09. The topological polar surface area (TPSA) is 29.1 Å². The van der Waals surface area contributed by atoms with Crippen molar-refractivity contribution in [2.45, 2.75) is 57.4 Å². The molecule has 3 rings (SSSR count). The van der Waals surface area contributed by atoms with Crippen molar-refractivity contribution in [1.82, 2.24) is 5.32 Å². The Bertz CT molecular complexity index is 667. The van der Waals surface area contributed by atoms with E-state index < -0.39 is 0 Å². The molecule has 2 aromatic rings. The van der Waals surface area contributed by atoms with Crippen molar-refractivity contribution >= 4 is 5.91 Å². The molecular formula is C22H27NO. The zero-order valence-electron chi connectivity index (χ0n) is 14.7. The highest BCUT2D eigenvalue weighted by Crippen LogP contribution is 2.41. The molecule has 0 aromatic heterocycles. The van der Waals surface area contributed by atoms with Gasteiger partial charge in [-0.25, -0.2) is 0 Å². The quantitative estimate of drug-likeness (QED) is 0.830. The van der Waals surface area contributed by atoms with Crippen molar-refractivity contribution in [1.29, 1.82) is 0 Å². The minimum atomic E-state index is -0.334. The van der Waals surface area contributed by atoms with Crippen LogP contribution in [-0.2, 0) is 16.8 Å². The predicted octanol–water partition coefficient (Wildman–Crippen LogP) is 4.94. The van der Waals surface area contributed by atoms with Gasteiger partial charge >= 0.3 is 0 Å². The van der Waals surface area contributed by atoms with Gasteiger partial charge in [0.25, 0.3) is 0 Å². The Morgan fingerprint density at radius 2 is 1.62 bits per heavy atom. The molecule has 126 valence electrons. The number of rotatable bonds is 5. The van der Waals surface area contributed by atoms with Gasteiger partial charge in [-0.1, -0.05) is 81.3 Å². The van der Waals surface area contributed by atoms with Crippen molar-refractivity contribution in [3.63, 3.8) is 0 Å². The van der Waals surface area contributed by atoms with E-state index in [1.54, 1.807) is 0 Å². The van der Waals surface area contributed by atoms with E-state index in [9.17, 15) is 4.79 Å². The van der Waals surface area contributed by atoms with Crippen LogP contribution in [0.5, 0.6) is 0 Å². The third kappa shape index (κ3) is 3.38. The van der Waals surface area contributed by atoms with Gasteiger partial charge in [-0.3, -0.25) is 4.79 Å². The molecule has 0 spiro atoms. The highest BCUT2D eigenvalue weighted by atomic mass is 16.2. The third-order valence-corrected chi connectivity index (χ3v) is 5.32. The second-order valence-corrected chi connectivity index (χ2v) is 7.23. The van der Waals surface area contributed by atoms with Crippen molar-refractivity contribution in [2.75, 3.05) is 0 Å². The average molecular weight is 321 g/mol. The Kier molecular flexibility index (Phi) is 5.03. The van der Waals surface area contributed by atoms with E-state index >= 15 is 0 Å². The van der Waals surface area contributed by atoms with Gasteiger partial charge in [0.05, 0.1) is 5.41 Å². The van der Waals surface area contributed by atoms with Crippen LogP contribution < -0.4 is 5.32 Å². The molecule has 0 bridgehead atoms. The average Bonchev–Trinajstić information content (AvgIpc) is 3.12. The van der Waals surface area contributed by atoms with Gasteiger partial charge < -0.3 is 5.32 Å². The van der Waals surface area contributed by atoms with E-state index in [4.69, 9.17) is 0 Å². The summed E-state index contributed by atoms with van der Waals surface area (Å²) in [4.78, 5) is 13.0. The molecule has 1 fully saturated rings. The highest BCUT2D eigenvalue weighted by Gasteiger charge is 2.42. The summed E-state index contributed by atoms with van der Waals surface area (Å²) in [6.45, 7) is 4.99. The Morgan fingerprint density at radius 1 is 1.00 bits per heavy atom. The van der Waals surface area contributed by atoms with Crippen LogP contribution in [-0.4, -0.2) is 5.91 Å². The number of nitrogens with one attached hydrogen (secondary N) is 1. The summed E-state index contributed by atoms with van der Waals surface area (Å²) in [5, 5.41) is 3.19. The van der Waals surface area contributed by atoms with Crippen LogP contribution >= 0.6 is 0 Å². The van der Waals surface area contributed by atoms with Crippen LogP contribution in [0.15, 0.2) is 54.6 Å². The van der Waals surface area contributed by atoms with Crippen molar-refractivity contribution in [2.24, 2.45) is 0 Å². The largest absolute Gasteiger partial charge is 0.351 e. The second-order valence-electron chi connectivity index (χ2n) is 7.23. The van der Waals surface area contributed by atoms with Crippen LogP contribution in [0.1, 0.15) is 62.1 Å². The van der Waals surface area contributed by atoms with Gasteiger partial charge in [-0.15, -0.1) is 0 Å². The Morgan fingerprint density at radius 3 is 2.21 bits per heavy atom. The number of benzene rings is 2. The third-order valence-electron chi connectivity index (χ3n) is 5.32. The van der Waals surface area contributed by atoms with Crippen LogP contribution in [0.2, 0.25) is 0 Å². The maximum atomic E-state index is 13.0. The molecule has 1 amide bonds. The maximum absolute atomic E-state index is 13.0. The van der Waals surface area contributed by atoms with Crippen LogP contribution in [0.25, 0.3) is 0 Å². The lowest BCUT2D eigenvalue weighted by atomic mass is 9.78. The molecule has 0 saturated heterocycles. The molecule has 2 aromatic carbocycles. The number of amides is 1. The Labute approximate surface area is 145 Å². The molecule has 0 heterocycles. The molecule has 0 radical (unpaired) electrons. The number of hydrogen-bond acceptors (Lipinski definition) is 1. The fraction of sp³-hybridized carbons (Fsp3) is 0.409. The van der Waals surface area contributed by atoms with Gasteiger partial charge in [0.15, 0.2) is 0 Å². The first-order valence-corrected chi connectivity index (χ1v) is 9.04. The Balaban J connectivity index is 1.71. The smallest absolute Gasteiger partial charge is 0.230 e. The van der Waals surface area contributed by atoms with Crippen molar-refractivity contribution < 1.29 is 4.79 Å². The fourth-order valence-electron chi connectivity index (χ4n) is 3.75. The fourth-order valence-corrected chi connectivity index (χ4v) is 3.75. The summed E-state index contributed by atoms with van der Waals surface area (Å²) < 4.78 is 0. The molecular weight excluding hydrogens is 294 g/mol. The second kappa shape index (κ2) is 7.21. The van der Waals surface area contributed by atoms with Gasteiger partial charge in [-0.2, -0.15) is 0 Å². The zero-order valence-corrected chi connectivity index (χ0v) is 14.7. The van der Waals surface area contributed by atoms with E-state index in [2.05, 4.69) is 55.6 Å². The minimum absolute atomic E-state index is 0.180. The van der Waals surface area contributed by atoms with Gasteiger partial charge in [0, 0.05) is 6.54 Å². The summed E-state index contributed by atoms with van der Waals surface area (Å²) in [5.41, 5.74) is 3.32. The van der Waals surface area contributed by atoms with Gasteiger partial charge in [-0.05, 0) is 35.4 Å². The molecule has 1 N–H and O–H groups in total. The molecule has 24 heavy (non-hydrogen) atoms. The molecule has 1 saturated carbocycles. The summed E-state index contributed by atoms with van der Waals surface area (Å²) in [7, 11) is 0.